The van der Waals surface area contributed by atoms with Crippen molar-refractivity contribution in [2.75, 3.05) is 20.8 Å². The molecule has 0 aliphatic rings. The van der Waals surface area contributed by atoms with Crippen LogP contribution in [-0.2, 0) is 13.5 Å². The second-order valence-electron chi connectivity index (χ2n) is 6.58. The fourth-order valence-corrected chi connectivity index (χ4v) is 2.91. The Bertz CT molecular complexity index is 1220. The highest BCUT2D eigenvalue weighted by molar-refractivity contribution is 5.91. The summed E-state index contributed by atoms with van der Waals surface area (Å²) in [6, 6.07) is 10.3. The summed E-state index contributed by atoms with van der Waals surface area (Å²) in [5.74, 6) is -0.0639. The van der Waals surface area contributed by atoms with E-state index in [9.17, 15) is 18.8 Å². The average Bonchev–Trinajstić information content (AvgIpc) is 2.78. The predicted molar refractivity (Wildman–Crippen MR) is 111 cm³/mol. The van der Waals surface area contributed by atoms with E-state index in [1.54, 1.807) is 12.1 Å². The molecule has 1 aromatic heterocycles. The van der Waals surface area contributed by atoms with Gasteiger partial charge in [-0.3, -0.25) is 14.2 Å². The molecular formula is C21H21FN4O5. The van der Waals surface area contributed by atoms with Crippen molar-refractivity contribution in [1.29, 1.82) is 0 Å². The first-order chi connectivity index (χ1) is 14.8. The van der Waals surface area contributed by atoms with Crippen LogP contribution in [-0.4, -0.2) is 41.0 Å². The number of ether oxygens (including phenoxy) is 2. The fraction of sp³-hybridized carbons (Fsp3) is 0.238. The Hall–Kier alpha value is -3.95. The van der Waals surface area contributed by atoms with Crippen LogP contribution in [0.25, 0.3) is 5.69 Å². The van der Waals surface area contributed by atoms with E-state index in [0.29, 0.717) is 17.9 Å². The summed E-state index contributed by atoms with van der Waals surface area (Å²) in [5.41, 5.74) is -0.916. The van der Waals surface area contributed by atoms with Gasteiger partial charge >= 0.3 is 5.69 Å². The van der Waals surface area contributed by atoms with Gasteiger partial charge in [0.2, 0.25) is 5.69 Å². The highest BCUT2D eigenvalue weighted by Gasteiger charge is 2.18. The Morgan fingerprint density at radius 2 is 1.74 bits per heavy atom. The Kier molecular flexibility index (Phi) is 6.49. The molecule has 0 radical (unpaired) electrons. The van der Waals surface area contributed by atoms with Crippen LogP contribution in [0.5, 0.6) is 11.5 Å². The quantitative estimate of drug-likeness (QED) is 0.604. The van der Waals surface area contributed by atoms with Crippen LogP contribution >= 0.6 is 0 Å². The summed E-state index contributed by atoms with van der Waals surface area (Å²) >= 11 is 0. The van der Waals surface area contributed by atoms with Crippen molar-refractivity contribution in [3.05, 3.63) is 80.4 Å². The van der Waals surface area contributed by atoms with Gasteiger partial charge in [0.1, 0.15) is 5.82 Å². The van der Waals surface area contributed by atoms with Gasteiger partial charge in [-0.2, -0.15) is 9.78 Å². The monoisotopic (exact) mass is 428 g/mol. The average molecular weight is 428 g/mol. The maximum Gasteiger partial charge on any atom is 0.351 e. The molecule has 1 N–H and O–H groups in total. The maximum absolute atomic E-state index is 13.2. The number of benzene rings is 2. The Morgan fingerprint density at radius 1 is 1.06 bits per heavy atom. The number of methoxy groups -OCH3 is 2. The van der Waals surface area contributed by atoms with E-state index in [1.165, 1.54) is 33.4 Å². The summed E-state index contributed by atoms with van der Waals surface area (Å²) in [6.45, 7) is 0.217. The first-order valence-corrected chi connectivity index (χ1v) is 9.31. The lowest BCUT2D eigenvalue weighted by atomic mass is 10.1. The van der Waals surface area contributed by atoms with Crippen LogP contribution in [0.4, 0.5) is 4.39 Å². The second-order valence-corrected chi connectivity index (χ2v) is 6.58. The lowest BCUT2D eigenvalue weighted by Crippen LogP contribution is -2.44. The van der Waals surface area contributed by atoms with E-state index in [-0.39, 0.29) is 12.2 Å². The number of nitrogens with one attached hydrogen (secondary N) is 1. The molecule has 3 rings (SSSR count). The van der Waals surface area contributed by atoms with Gasteiger partial charge < -0.3 is 14.8 Å². The molecule has 1 amide bonds. The zero-order valence-electron chi connectivity index (χ0n) is 17.2. The zero-order valence-corrected chi connectivity index (χ0v) is 17.2. The van der Waals surface area contributed by atoms with Gasteiger partial charge in [-0.15, -0.1) is 0 Å². The van der Waals surface area contributed by atoms with Crippen LogP contribution < -0.4 is 26.0 Å². The maximum atomic E-state index is 13.2. The third kappa shape index (κ3) is 4.63. The molecule has 10 heteroatoms. The normalized spacial score (nSPS) is 10.6. The molecule has 162 valence electrons. The van der Waals surface area contributed by atoms with Gasteiger partial charge in [0.25, 0.3) is 11.5 Å². The molecule has 0 unspecified atom stereocenters. The van der Waals surface area contributed by atoms with Crippen LogP contribution in [0.3, 0.4) is 0 Å². The molecule has 0 aliphatic heterocycles. The molecule has 0 fully saturated rings. The van der Waals surface area contributed by atoms with Gasteiger partial charge in [0, 0.05) is 13.6 Å². The summed E-state index contributed by atoms with van der Waals surface area (Å²) in [5, 5.41) is 6.53. The number of amides is 1. The number of carbonyl (C=O) groups is 1. The van der Waals surface area contributed by atoms with E-state index in [1.807, 2.05) is 6.07 Å². The molecule has 0 bridgehead atoms. The molecular weight excluding hydrogens is 407 g/mol. The van der Waals surface area contributed by atoms with Crippen LogP contribution in [0.1, 0.15) is 16.1 Å². The summed E-state index contributed by atoms with van der Waals surface area (Å²) in [4.78, 5) is 37.3. The molecule has 31 heavy (non-hydrogen) atoms. The summed E-state index contributed by atoms with van der Waals surface area (Å²) in [7, 11) is 4.31. The SMILES string of the molecule is COc1ccc(CCNC(=O)c2nn(-c3ccc(F)cc3)c(=O)n(C)c2=O)cc1OC. The van der Waals surface area contributed by atoms with Gasteiger partial charge in [0.15, 0.2) is 11.5 Å². The minimum atomic E-state index is -0.827. The van der Waals surface area contributed by atoms with Crippen molar-refractivity contribution in [2.45, 2.75) is 6.42 Å². The van der Waals surface area contributed by atoms with Crippen molar-refractivity contribution in [2.24, 2.45) is 7.05 Å². The standard InChI is InChI=1S/C21H21FN4O5/c1-25-20(28)18(24-26(21(25)29)15-7-5-14(22)6-8-15)19(27)23-11-10-13-4-9-16(30-2)17(12-13)31-3/h4-9,12H,10-11H2,1-3H3,(H,23,27). The number of nitrogens with zero attached hydrogens (tertiary/aromatic N) is 3. The third-order valence-corrected chi connectivity index (χ3v) is 4.61. The van der Waals surface area contributed by atoms with E-state index in [2.05, 4.69) is 10.4 Å². The molecule has 3 aromatic rings. The Labute approximate surface area is 176 Å². The smallest absolute Gasteiger partial charge is 0.351 e. The van der Waals surface area contributed by atoms with Crippen molar-refractivity contribution in [3.8, 4) is 17.2 Å². The van der Waals surface area contributed by atoms with Crippen molar-refractivity contribution in [1.82, 2.24) is 19.7 Å². The van der Waals surface area contributed by atoms with Crippen LogP contribution in [0.15, 0.2) is 52.1 Å². The number of carbonyl (C=O) groups excluding carboxylic acids is 1. The van der Waals surface area contributed by atoms with Crippen molar-refractivity contribution < 1.29 is 18.7 Å². The number of rotatable bonds is 7. The van der Waals surface area contributed by atoms with Crippen LogP contribution in [0, 0.1) is 5.82 Å². The van der Waals surface area contributed by atoms with Crippen molar-refractivity contribution in [3.63, 3.8) is 0 Å². The lowest BCUT2D eigenvalue weighted by molar-refractivity contribution is 0.0944. The molecule has 9 nitrogen and oxygen atoms in total. The zero-order chi connectivity index (χ0) is 22.5. The predicted octanol–water partition coefficient (Wildman–Crippen LogP) is 1.06. The molecule has 0 atom stereocenters. The van der Waals surface area contributed by atoms with Crippen molar-refractivity contribution >= 4 is 5.91 Å². The summed E-state index contributed by atoms with van der Waals surface area (Å²) < 4.78 is 25.3. The number of hydrogen-bond acceptors (Lipinski definition) is 6. The molecule has 0 saturated carbocycles. The van der Waals surface area contributed by atoms with Gasteiger partial charge in [-0.25, -0.2) is 9.18 Å². The van der Waals surface area contributed by atoms with E-state index in [4.69, 9.17) is 9.47 Å². The first kappa shape index (κ1) is 21.8. The molecule has 1 heterocycles. The van der Waals surface area contributed by atoms with Gasteiger partial charge in [-0.05, 0) is 48.4 Å². The highest BCUT2D eigenvalue weighted by atomic mass is 19.1. The number of hydrogen-bond donors (Lipinski definition) is 1. The molecule has 0 aliphatic carbocycles. The Balaban J connectivity index is 1.79. The summed E-state index contributed by atoms with van der Waals surface area (Å²) in [6.07, 6.45) is 0.462. The molecule has 2 aromatic carbocycles. The second kappa shape index (κ2) is 9.24. The largest absolute Gasteiger partial charge is 0.493 e. The van der Waals surface area contributed by atoms with E-state index in [0.717, 1.165) is 26.9 Å². The van der Waals surface area contributed by atoms with Gasteiger partial charge in [0.05, 0.1) is 19.9 Å². The van der Waals surface area contributed by atoms with E-state index < -0.39 is 28.7 Å². The lowest BCUT2D eigenvalue weighted by Gasteiger charge is -2.11. The number of halogens is 1. The minimum absolute atomic E-state index is 0.217. The van der Waals surface area contributed by atoms with E-state index >= 15 is 0 Å². The fourth-order valence-electron chi connectivity index (χ4n) is 2.91. The topological polar surface area (TPSA) is 104 Å². The minimum Gasteiger partial charge on any atom is -0.493 e. The first-order valence-electron chi connectivity index (χ1n) is 9.31. The van der Waals surface area contributed by atoms with Gasteiger partial charge in [-0.1, -0.05) is 6.07 Å². The molecule has 0 saturated heterocycles. The third-order valence-electron chi connectivity index (χ3n) is 4.61. The number of aromatic nitrogens is 3. The highest BCUT2D eigenvalue weighted by Crippen LogP contribution is 2.27. The Morgan fingerprint density at radius 3 is 2.39 bits per heavy atom. The molecule has 0 spiro atoms. The van der Waals surface area contributed by atoms with Crippen LogP contribution in [0.2, 0.25) is 0 Å².